The van der Waals surface area contributed by atoms with E-state index in [1.807, 2.05) is 12.3 Å². The van der Waals surface area contributed by atoms with E-state index in [1.165, 1.54) is 0 Å². The van der Waals surface area contributed by atoms with Gasteiger partial charge in [-0.3, -0.25) is 4.99 Å². The fourth-order valence-corrected chi connectivity index (χ4v) is 1.85. The highest BCUT2D eigenvalue weighted by molar-refractivity contribution is 5.95. The van der Waals surface area contributed by atoms with Gasteiger partial charge in [0, 0.05) is 33.2 Å². The summed E-state index contributed by atoms with van der Waals surface area (Å²) in [5.74, 6) is 1.19. The summed E-state index contributed by atoms with van der Waals surface area (Å²) in [6.45, 7) is 13.5. The van der Waals surface area contributed by atoms with Crippen molar-refractivity contribution in [3.8, 4) is 0 Å². The number of aromatic nitrogens is 1. The van der Waals surface area contributed by atoms with Gasteiger partial charge in [-0.25, -0.2) is 9.98 Å². The van der Waals surface area contributed by atoms with Gasteiger partial charge in [-0.15, -0.1) is 13.2 Å². The minimum Gasteiger partial charge on any atom is -0.368 e. The van der Waals surface area contributed by atoms with Crippen LogP contribution < -0.4 is 15.5 Å². The van der Waals surface area contributed by atoms with Gasteiger partial charge in [-0.1, -0.05) is 0 Å². The number of hydrogen-bond donors (Lipinski definition) is 2. The molecule has 108 valence electrons. The van der Waals surface area contributed by atoms with Gasteiger partial charge in [0.05, 0.1) is 11.9 Å². The first-order valence-electron chi connectivity index (χ1n) is 6.45. The molecule has 2 heterocycles. The highest BCUT2D eigenvalue weighted by Gasteiger charge is 2.10. The molecule has 1 aliphatic rings. The number of piperazine rings is 1. The molecule has 0 aliphatic carbocycles. The topological polar surface area (TPSA) is 64.9 Å². The fraction of sp³-hybridized carbons (Fsp3) is 0.357. The number of anilines is 2. The van der Waals surface area contributed by atoms with E-state index in [0.29, 0.717) is 5.96 Å². The molecule has 1 aromatic heterocycles. The largest absolute Gasteiger partial charge is 0.368 e. The third kappa shape index (κ3) is 4.47. The zero-order valence-electron chi connectivity index (χ0n) is 12.0. The van der Waals surface area contributed by atoms with Crippen molar-refractivity contribution in [2.24, 2.45) is 9.98 Å². The number of aliphatic imine (C=N–C) groups is 2. The first kappa shape index (κ1) is 15.8. The molecule has 1 saturated heterocycles. The van der Waals surface area contributed by atoms with Crippen molar-refractivity contribution in [2.45, 2.75) is 0 Å². The second-order valence-corrected chi connectivity index (χ2v) is 3.97. The highest BCUT2D eigenvalue weighted by atomic mass is 15.2. The lowest BCUT2D eigenvalue weighted by Crippen LogP contribution is -2.43. The molecule has 6 heteroatoms. The lowest BCUT2D eigenvalue weighted by atomic mass is 10.3. The molecule has 6 nitrogen and oxygen atoms in total. The molecule has 0 saturated carbocycles. The lowest BCUT2D eigenvalue weighted by molar-refractivity contribution is 0.589. The molecule has 20 heavy (non-hydrogen) atoms. The molecule has 2 rings (SSSR count). The summed E-state index contributed by atoms with van der Waals surface area (Å²) in [5.41, 5.74) is 1.14. The maximum Gasteiger partial charge on any atom is 0.222 e. The van der Waals surface area contributed by atoms with Crippen LogP contribution in [0.4, 0.5) is 11.5 Å². The van der Waals surface area contributed by atoms with Crippen LogP contribution in [0, 0.1) is 0 Å². The summed E-state index contributed by atoms with van der Waals surface area (Å²) in [7, 11) is 1.66. The van der Waals surface area contributed by atoms with Crippen molar-refractivity contribution < 1.29 is 0 Å². The molecule has 0 unspecified atom stereocenters. The number of nitrogens with zero attached hydrogens (tertiary/aromatic N) is 4. The summed E-state index contributed by atoms with van der Waals surface area (Å²) in [6, 6.07) is 3.98. The van der Waals surface area contributed by atoms with E-state index in [4.69, 9.17) is 0 Å². The molecule has 0 spiro atoms. The van der Waals surface area contributed by atoms with E-state index < -0.39 is 0 Å². The minimum atomic E-state index is 0.470. The van der Waals surface area contributed by atoms with Gasteiger partial charge >= 0.3 is 0 Å². The monoisotopic (exact) mass is 274 g/mol. The number of guanidine groups is 1. The summed E-state index contributed by atoms with van der Waals surface area (Å²) in [6.07, 6.45) is 1.87. The Morgan fingerprint density at radius 3 is 2.55 bits per heavy atom. The Hall–Kier alpha value is -2.21. The van der Waals surface area contributed by atoms with Crippen molar-refractivity contribution in [3.63, 3.8) is 0 Å². The standard InChI is InChI=1S/C12H18N6.C2H4/c1-13-12(14-2)17-11-4-3-10(9-16-11)18-7-5-15-6-8-18;1-2/h3-4,9,15H,1,5-8H2,2H3,(H,14,16,17);1-2H2. The maximum atomic E-state index is 4.35. The molecule has 0 radical (unpaired) electrons. The van der Waals surface area contributed by atoms with Crippen LogP contribution in [-0.4, -0.2) is 50.9 Å². The van der Waals surface area contributed by atoms with Crippen LogP contribution >= 0.6 is 0 Å². The first-order chi connectivity index (χ1) is 9.83. The van der Waals surface area contributed by atoms with E-state index in [9.17, 15) is 0 Å². The van der Waals surface area contributed by atoms with Crippen molar-refractivity contribution in [1.82, 2.24) is 10.3 Å². The van der Waals surface area contributed by atoms with Gasteiger partial charge in [0.15, 0.2) is 0 Å². The molecule has 0 aromatic carbocycles. The van der Waals surface area contributed by atoms with Crippen LogP contribution in [-0.2, 0) is 0 Å². The summed E-state index contributed by atoms with van der Waals surface area (Å²) >= 11 is 0. The van der Waals surface area contributed by atoms with Gasteiger partial charge < -0.3 is 15.5 Å². The van der Waals surface area contributed by atoms with Crippen LogP contribution in [0.3, 0.4) is 0 Å². The molecule has 0 bridgehead atoms. The number of nitrogens with one attached hydrogen (secondary N) is 2. The normalized spacial score (nSPS) is 15.1. The molecule has 1 aliphatic heterocycles. The number of pyridine rings is 1. The van der Waals surface area contributed by atoms with E-state index in [-0.39, 0.29) is 0 Å². The van der Waals surface area contributed by atoms with Gasteiger partial charge in [0.2, 0.25) is 5.96 Å². The Labute approximate surface area is 120 Å². The molecule has 1 fully saturated rings. The van der Waals surface area contributed by atoms with Crippen LogP contribution in [0.1, 0.15) is 0 Å². The van der Waals surface area contributed by atoms with Crippen molar-refractivity contribution in [3.05, 3.63) is 31.5 Å². The average Bonchev–Trinajstić information content (AvgIpc) is 2.56. The second-order valence-electron chi connectivity index (χ2n) is 3.97. The van der Waals surface area contributed by atoms with Crippen molar-refractivity contribution in [2.75, 3.05) is 43.4 Å². The molecular weight excluding hydrogens is 252 g/mol. The quantitative estimate of drug-likeness (QED) is 0.486. The van der Waals surface area contributed by atoms with Gasteiger partial charge in [-0.05, 0) is 18.9 Å². The Morgan fingerprint density at radius 2 is 2.05 bits per heavy atom. The Kier molecular flexibility index (Phi) is 6.99. The van der Waals surface area contributed by atoms with E-state index >= 15 is 0 Å². The molecular formula is C14H22N6. The van der Waals surface area contributed by atoms with Crippen LogP contribution in [0.15, 0.2) is 41.5 Å². The molecule has 2 N–H and O–H groups in total. The van der Waals surface area contributed by atoms with Gasteiger partial charge in [-0.2, -0.15) is 0 Å². The van der Waals surface area contributed by atoms with E-state index in [1.54, 1.807) is 7.05 Å². The Morgan fingerprint density at radius 1 is 1.35 bits per heavy atom. The third-order valence-corrected chi connectivity index (χ3v) is 2.83. The van der Waals surface area contributed by atoms with Crippen LogP contribution in [0.25, 0.3) is 0 Å². The highest BCUT2D eigenvalue weighted by Crippen LogP contribution is 2.15. The number of hydrogen-bond acceptors (Lipinski definition) is 4. The molecule has 0 amide bonds. The average molecular weight is 274 g/mol. The first-order valence-corrected chi connectivity index (χ1v) is 6.45. The van der Waals surface area contributed by atoms with Crippen LogP contribution in [0.5, 0.6) is 0 Å². The zero-order chi connectivity index (χ0) is 14.8. The van der Waals surface area contributed by atoms with Gasteiger partial charge in [0.25, 0.3) is 0 Å². The maximum absolute atomic E-state index is 4.35. The van der Waals surface area contributed by atoms with Crippen LogP contribution in [0.2, 0.25) is 0 Å². The smallest absolute Gasteiger partial charge is 0.222 e. The lowest BCUT2D eigenvalue weighted by Gasteiger charge is -2.29. The van der Waals surface area contributed by atoms with Crippen molar-refractivity contribution >= 4 is 24.2 Å². The Bertz CT molecular complexity index is 433. The predicted octanol–water partition coefficient (Wildman–Crippen LogP) is 1.39. The fourth-order valence-electron chi connectivity index (χ4n) is 1.85. The van der Waals surface area contributed by atoms with Crippen molar-refractivity contribution in [1.29, 1.82) is 0 Å². The van der Waals surface area contributed by atoms with E-state index in [0.717, 1.165) is 37.7 Å². The summed E-state index contributed by atoms with van der Waals surface area (Å²) < 4.78 is 0. The Balaban J connectivity index is 0.000000956. The zero-order valence-corrected chi connectivity index (χ0v) is 12.0. The van der Waals surface area contributed by atoms with E-state index in [2.05, 4.69) is 56.4 Å². The minimum absolute atomic E-state index is 0.470. The molecule has 1 aromatic rings. The summed E-state index contributed by atoms with van der Waals surface area (Å²) in [4.78, 5) is 14.3. The predicted molar refractivity (Wildman–Crippen MR) is 87.1 cm³/mol. The summed E-state index contributed by atoms with van der Waals surface area (Å²) in [5, 5.41) is 6.32. The molecule has 0 atom stereocenters. The third-order valence-electron chi connectivity index (χ3n) is 2.83. The van der Waals surface area contributed by atoms with Gasteiger partial charge in [0.1, 0.15) is 5.82 Å². The number of rotatable bonds is 2. The second kappa shape index (κ2) is 8.82. The SMILES string of the molecule is C=C.C=NC(=NC)Nc1ccc(N2CCNCC2)cn1.